The summed E-state index contributed by atoms with van der Waals surface area (Å²) >= 11 is 0. The van der Waals surface area contributed by atoms with E-state index in [0.29, 0.717) is 0 Å². The maximum absolute atomic E-state index is 10.0. The van der Waals surface area contributed by atoms with Crippen LogP contribution in [0.25, 0.3) is 0 Å². The van der Waals surface area contributed by atoms with Crippen molar-refractivity contribution in [2.45, 2.75) is 0 Å². The summed E-state index contributed by atoms with van der Waals surface area (Å²) in [5, 5.41) is 18.8. The average molecular weight is 152 g/mol. The standard InChI is InChI=1S/C7H6NO3/c9-7(8(10)11)6-4-2-1-3-5-6/h1-5,9H. The molecular weight excluding hydrogens is 146 g/mol. The quantitative estimate of drug-likeness (QED) is 0.511. The first-order valence-corrected chi connectivity index (χ1v) is 2.97. The van der Waals surface area contributed by atoms with Crippen molar-refractivity contribution in [1.29, 1.82) is 0 Å². The van der Waals surface area contributed by atoms with E-state index in [4.69, 9.17) is 5.11 Å². The highest BCUT2D eigenvalue weighted by Gasteiger charge is 2.21. The third-order valence-corrected chi connectivity index (χ3v) is 1.20. The van der Waals surface area contributed by atoms with Crippen molar-refractivity contribution in [2.75, 3.05) is 0 Å². The molecule has 1 radical (unpaired) electrons. The summed E-state index contributed by atoms with van der Waals surface area (Å²) in [6, 6.07) is 7.90. The van der Waals surface area contributed by atoms with Crippen LogP contribution in [-0.2, 0) is 0 Å². The van der Waals surface area contributed by atoms with Gasteiger partial charge in [-0.25, -0.2) is 0 Å². The highest BCUT2D eigenvalue weighted by molar-refractivity contribution is 5.22. The van der Waals surface area contributed by atoms with Gasteiger partial charge in [-0.2, -0.15) is 0 Å². The van der Waals surface area contributed by atoms with E-state index < -0.39 is 11.2 Å². The molecule has 0 atom stereocenters. The first-order valence-electron chi connectivity index (χ1n) is 2.97. The van der Waals surface area contributed by atoms with Crippen molar-refractivity contribution >= 4 is 0 Å². The first kappa shape index (κ1) is 7.68. The lowest BCUT2D eigenvalue weighted by Gasteiger charge is -1.96. The number of aliphatic hydroxyl groups excluding tert-OH is 1. The SMILES string of the molecule is O=[N+]([O-])[C](O)c1ccccc1. The van der Waals surface area contributed by atoms with Crippen LogP contribution in [-0.4, -0.2) is 10.0 Å². The van der Waals surface area contributed by atoms with E-state index in [1.807, 2.05) is 0 Å². The molecule has 4 nitrogen and oxygen atoms in total. The predicted octanol–water partition coefficient (Wildman–Crippen LogP) is 1.17. The first-order chi connectivity index (χ1) is 5.22. The molecule has 0 aromatic heterocycles. The summed E-state index contributed by atoms with van der Waals surface area (Å²) in [4.78, 5) is 9.19. The molecule has 0 bridgehead atoms. The molecule has 57 valence electrons. The Kier molecular flexibility index (Phi) is 2.18. The molecule has 1 N–H and O–H groups in total. The lowest BCUT2D eigenvalue weighted by atomic mass is 10.2. The Morgan fingerprint density at radius 3 is 2.36 bits per heavy atom. The van der Waals surface area contributed by atoms with E-state index in [1.54, 1.807) is 18.2 Å². The lowest BCUT2D eigenvalue weighted by molar-refractivity contribution is -0.496. The van der Waals surface area contributed by atoms with Crippen LogP contribution in [0, 0.1) is 16.3 Å². The monoisotopic (exact) mass is 152 g/mol. The van der Waals surface area contributed by atoms with Gasteiger partial charge in [0.15, 0.2) is 0 Å². The number of hydrogen-bond donors (Lipinski definition) is 1. The fourth-order valence-corrected chi connectivity index (χ4v) is 0.693. The van der Waals surface area contributed by atoms with Crippen LogP contribution >= 0.6 is 0 Å². The van der Waals surface area contributed by atoms with Crippen LogP contribution in [0.15, 0.2) is 30.3 Å². The minimum absolute atomic E-state index is 0.220. The van der Waals surface area contributed by atoms with Crippen LogP contribution in [0.3, 0.4) is 0 Å². The van der Waals surface area contributed by atoms with Crippen LogP contribution in [0.5, 0.6) is 0 Å². The van der Waals surface area contributed by atoms with Gasteiger partial charge in [0, 0.05) is 0 Å². The fraction of sp³-hybridized carbons (Fsp3) is 0. The zero-order chi connectivity index (χ0) is 8.27. The van der Waals surface area contributed by atoms with E-state index >= 15 is 0 Å². The normalized spacial score (nSPS) is 10.0. The van der Waals surface area contributed by atoms with Crippen molar-refractivity contribution in [3.8, 4) is 0 Å². The molecule has 1 rings (SSSR count). The van der Waals surface area contributed by atoms with Gasteiger partial charge < -0.3 is 5.11 Å². The second-order valence-corrected chi connectivity index (χ2v) is 1.95. The van der Waals surface area contributed by atoms with E-state index in [2.05, 4.69) is 0 Å². The number of hydrogen-bond acceptors (Lipinski definition) is 3. The Morgan fingerprint density at radius 2 is 1.91 bits per heavy atom. The second-order valence-electron chi connectivity index (χ2n) is 1.95. The summed E-state index contributed by atoms with van der Waals surface area (Å²) in [6.45, 7) is 0. The number of nitrogens with zero attached hydrogens (tertiary/aromatic N) is 1. The second kappa shape index (κ2) is 3.12. The molecule has 0 aliphatic rings. The number of nitro groups is 1. The molecule has 0 aliphatic carbocycles. The topological polar surface area (TPSA) is 63.4 Å². The lowest BCUT2D eigenvalue weighted by Crippen LogP contribution is -2.09. The number of aliphatic hydroxyl groups is 1. The zero-order valence-electron chi connectivity index (χ0n) is 5.60. The molecule has 0 amide bonds. The Hall–Kier alpha value is -1.42. The highest BCUT2D eigenvalue weighted by Crippen LogP contribution is 2.10. The minimum Gasteiger partial charge on any atom is -0.318 e. The largest absolute Gasteiger partial charge is 0.450 e. The van der Waals surface area contributed by atoms with Crippen LogP contribution in [0.2, 0.25) is 0 Å². The van der Waals surface area contributed by atoms with Crippen molar-refractivity contribution < 1.29 is 10.0 Å². The molecule has 0 heterocycles. The van der Waals surface area contributed by atoms with Crippen LogP contribution in [0.4, 0.5) is 0 Å². The molecule has 0 aliphatic heterocycles. The summed E-state index contributed by atoms with van der Waals surface area (Å²) in [5.41, 5.74) is 0.220. The molecule has 4 heteroatoms. The maximum atomic E-state index is 10.0. The van der Waals surface area contributed by atoms with Gasteiger partial charge >= 0.3 is 6.23 Å². The van der Waals surface area contributed by atoms with Gasteiger partial charge in [0.1, 0.15) is 0 Å². The van der Waals surface area contributed by atoms with E-state index in [9.17, 15) is 10.1 Å². The average Bonchev–Trinajstić information content (AvgIpc) is 2.05. The van der Waals surface area contributed by atoms with Crippen molar-refractivity contribution in [3.05, 3.63) is 52.2 Å². The van der Waals surface area contributed by atoms with Gasteiger partial charge in [-0.15, -0.1) is 0 Å². The molecule has 0 saturated heterocycles. The molecular formula is C7H6NO3. The summed E-state index contributed by atoms with van der Waals surface area (Å²) in [7, 11) is 0. The fourth-order valence-electron chi connectivity index (χ4n) is 0.693. The predicted molar refractivity (Wildman–Crippen MR) is 37.7 cm³/mol. The van der Waals surface area contributed by atoms with Gasteiger partial charge in [-0.05, 0) is 12.1 Å². The molecule has 1 aromatic carbocycles. The van der Waals surface area contributed by atoms with Gasteiger partial charge in [0.05, 0.1) is 10.5 Å². The van der Waals surface area contributed by atoms with E-state index in [1.165, 1.54) is 12.1 Å². The van der Waals surface area contributed by atoms with Gasteiger partial charge in [-0.3, -0.25) is 10.1 Å². The third-order valence-electron chi connectivity index (χ3n) is 1.20. The summed E-state index contributed by atoms with van der Waals surface area (Å²) in [6.07, 6.45) is -0.814. The van der Waals surface area contributed by atoms with E-state index in [0.717, 1.165) is 0 Å². The Balaban J connectivity index is 2.85. The number of benzene rings is 1. The third kappa shape index (κ3) is 1.75. The smallest absolute Gasteiger partial charge is 0.318 e. The Bertz CT molecular complexity index is 247. The van der Waals surface area contributed by atoms with E-state index in [-0.39, 0.29) is 5.56 Å². The van der Waals surface area contributed by atoms with Crippen molar-refractivity contribution in [3.63, 3.8) is 0 Å². The summed E-state index contributed by atoms with van der Waals surface area (Å²) < 4.78 is 0. The van der Waals surface area contributed by atoms with Gasteiger partial charge in [0.2, 0.25) is 0 Å². The van der Waals surface area contributed by atoms with Crippen LogP contribution < -0.4 is 0 Å². The Labute approximate surface area is 63.2 Å². The number of rotatable bonds is 2. The van der Waals surface area contributed by atoms with Crippen LogP contribution in [0.1, 0.15) is 5.56 Å². The van der Waals surface area contributed by atoms with Crippen molar-refractivity contribution in [1.82, 2.24) is 0 Å². The maximum Gasteiger partial charge on any atom is 0.450 e. The minimum atomic E-state index is -0.824. The molecule has 0 fully saturated rings. The van der Waals surface area contributed by atoms with Crippen molar-refractivity contribution in [2.24, 2.45) is 0 Å². The zero-order valence-corrected chi connectivity index (χ0v) is 5.60. The van der Waals surface area contributed by atoms with Gasteiger partial charge in [0.25, 0.3) is 0 Å². The molecule has 0 spiro atoms. The summed E-state index contributed by atoms with van der Waals surface area (Å²) in [5.74, 6) is 0. The van der Waals surface area contributed by atoms with Gasteiger partial charge in [-0.1, -0.05) is 18.2 Å². The molecule has 1 aromatic rings. The Morgan fingerprint density at radius 1 is 1.36 bits per heavy atom. The highest BCUT2D eigenvalue weighted by atomic mass is 16.7. The molecule has 11 heavy (non-hydrogen) atoms. The molecule has 0 unspecified atom stereocenters. The molecule has 0 saturated carbocycles.